The van der Waals surface area contributed by atoms with Crippen LogP contribution >= 0.6 is 0 Å². The van der Waals surface area contributed by atoms with E-state index in [0.29, 0.717) is 0 Å². The lowest BCUT2D eigenvalue weighted by atomic mass is 10.3. The number of nitrogens with one attached hydrogen (secondary N) is 2. The Morgan fingerprint density at radius 3 is 2.94 bits per heavy atom. The summed E-state index contributed by atoms with van der Waals surface area (Å²) in [5.74, 6) is 1.86. The number of rotatable bonds is 4. The minimum absolute atomic E-state index is 0.163. The third-order valence-corrected chi connectivity index (χ3v) is 2.49. The van der Waals surface area contributed by atoms with Gasteiger partial charge >= 0.3 is 0 Å². The van der Waals surface area contributed by atoms with Gasteiger partial charge in [0.1, 0.15) is 18.0 Å². The fourth-order valence-electron chi connectivity index (χ4n) is 1.60. The largest absolute Gasteiger partial charge is 0.345 e. The Kier molecular flexibility index (Phi) is 3.00. The van der Waals surface area contributed by atoms with Crippen molar-refractivity contribution >= 4 is 0 Å². The molecule has 6 nitrogen and oxygen atoms in total. The number of hydrogen-bond donors (Lipinski definition) is 2. The molecule has 2 aromatic rings. The summed E-state index contributed by atoms with van der Waals surface area (Å²) in [6.45, 7) is 4.75. The van der Waals surface area contributed by atoms with Crippen LogP contribution in [0.5, 0.6) is 0 Å². The lowest BCUT2D eigenvalue weighted by Crippen LogP contribution is -2.21. The highest BCUT2D eigenvalue weighted by molar-refractivity contribution is 5.01. The van der Waals surface area contributed by atoms with E-state index in [1.807, 2.05) is 24.7 Å². The van der Waals surface area contributed by atoms with E-state index in [1.165, 1.54) is 0 Å². The van der Waals surface area contributed by atoms with E-state index < -0.39 is 0 Å². The SMILES string of the molecule is Cc1ncc(CNC(C)c2nncn2C)[nH]1. The highest BCUT2D eigenvalue weighted by atomic mass is 15.3. The van der Waals surface area contributed by atoms with Crippen molar-refractivity contribution in [2.45, 2.75) is 26.4 Å². The molecule has 1 unspecified atom stereocenters. The van der Waals surface area contributed by atoms with Crippen LogP contribution in [0.25, 0.3) is 0 Å². The minimum atomic E-state index is 0.163. The van der Waals surface area contributed by atoms with Gasteiger partial charge in [0.25, 0.3) is 0 Å². The van der Waals surface area contributed by atoms with Gasteiger partial charge in [0, 0.05) is 25.5 Å². The van der Waals surface area contributed by atoms with Gasteiger partial charge in [-0.25, -0.2) is 4.98 Å². The van der Waals surface area contributed by atoms with E-state index in [-0.39, 0.29) is 6.04 Å². The topological polar surface area (TPSA) is 71.4 Å². The van der Waals surface area contributed by atoms with Crippen molar-refractivity contribution in [3.05, 3.63) is 29.9 Å². The number of imidazole rings is 1. The monoisotopic (exact) mass is 220 g/mol. The van der Waals surface area contributed by atoms with Gasteiger partial charge < -0.3 is 14.9 Å². The van der Waals surface area contributed by atoms with Crippen LogP contribution in [0.15, 0.2) is 12.5 Å². The average molecular weight is 220 g/mol. The molecule has 6 heteroatoms. The summed E-state index contributed by atoms with van der Waals surface area (Å²) < 4.78 is 1.91. The van der Waals surface area contributed by atoms with E-state index >= 15 is 0 Å². The molecule has 16 heavy (non-hydrogen) atoms. The summed E-state index contributed by atoms with van der Waals surface area (Å²) >= 11 is 0. The van der Waals surface area contributed by atoms with E-state index in [2.05, 4.69) is 32.4 Å². The first-order valence-electron chi connectivity index (χ1n) is 5.24. The molecule has 2 N–H and O–H groups in total. The lowest BCUT2D eigenvalue weighted by Gasteiger charge is -2.11. The number of nitrogens with zero attached hydrogens (tertiary/aromatic N) is 4. The van der Waals surface area contributed by atoms with Crippen LogP contribution in [0.4, 0.5) is 0 Å². The smallest absolute Gasteiger partial charge is 0.149 e. The standard InChI is InChI=1S/C10H16N6/c1-7(10-15-13-6-16(10)3)11-4-9-5-12-8(2)14-9/h5-7,11H,4H2,1-3H3,(H,12,14). The summed E-state index contributed by atoms with van der Waals surface area (Å²) in [7, 11) is 1.94. The van der Waals surface area contributed by atoms with Gasteiger partial charge in [-0.3, -0.25) is 0 Å². The Balaban J connectivity index is 1.93. The number of aryl methyl sites for hydroxylation is 2. The van der Waals surface area contributed by atoms with E-state index in [0.717, 1.165) is 23.9 Å². The van der Waals surface area contributed by atoms with Crippen molar-refractivity contribution in [1.29, 1.82) is 0 Å². The number of aromatic amines is 1. The Morgan fingerprint density at radius 1 is 1.56 bits per heavy atom. The highest BCUT2D eigenvalue weighted by Gasteiger charge is 2.10. The first-order chi connectivity index (χ1) is 7.66. The minimum Gasteiger partial charge on any atom is -0.345 e. The van der Waals surface area contributed by atoms with Gasteiger partial charge in [-0.2, -0.15) is 0 Å². The van der Waals surface area contributed by atoms with Gasteiger partial charge in [-0.1, -0.05) is 0 Å². The zero-order chi connectivity index (χ0) is 11.5. The molecule has 0 fully saturated rings. The molecule has 0 bridgehead atoms. The second kappa shape index (κ2) is 4.44. The van der Waals surface area contributed by atoms with Crippen molar-refractivity contribution < 1.29 is 0 Å². The van der Waals surface area contributed by atoms with Gasteiger partial charge in [0.15, 0.2) is 0 Å². The number of hydrogen-bond acceptors (Lipinski definition) is 4. The maximum absolute atomic E-state index is 4.15. The molecule has 2 rings (SSSR count). The molecule has 0 spiro atoms. The van der Waals surface area contributed by atoms with Crippen LogP contribution in [0, 0.1) is 6.92 Å². The Labute approximate surface area is 94.1 Å². The van der Waals surface area contributed by atoms with Crippen LogP contribution in [0.1, 0.15) is 30.3 Å². The highest BCUT2D eigenvalue weighted by Crippen LogP contribution is 2.08. The zero-order valence-corrected chi connectivity index (χ0v) is 9.73. The molecule has 0 aromatic carbocycles. The lowest BCUT2D eigenvalue weighted by molar-refractivity contribution is 0.524. The zero-order valence-electron chi connectivity index (χ0n) is 9.73. The normalized spacial score (nSPS) is 12.9. The van der Waals surface area contributed by atoms with Gasteiger partial charge in [0.2, 0.25) is 0 Å². The molecular formula is C10H16N6. The van der Waals surface area contributed by atoms with Gasteiger partial charge in [0.05, 0.1) is 6.04 Å². The summed E-state index contributed by atoms with van der Waals surface area (Å²) in [5.41, 5.74) is 1.08. The van der Waals surface area contributed by atoms with Crippen molar-refractivity contribution in [2.75, 3.05) is 0 Å². The molecule has 0 aliphatic heterocycles. The van der Waals surface area contributed by atoms with E-state index in [1.54, 1.807) is 6.33 Å². The molecule has 2 heterocycles. The van der Waals surface area contributed by atoms with Crippen molar-refractivity contribution in [1.82, 2.24) is 30.0 Å². The van der Waals surface area contributed by atoms with Gasteiger partial charge in [-0.05, 0) is 13.8 Å². The Hall–Kier alpha value is -1.69. The number of H-pyrrole nitrogens is 1. The first-order valence-corrected chi connectivity index (χ1v) is 5.24. The average Bonchev–Trinajstić information content (AvgIpc) is 2.84. The summed E-state index contributed by atoms with van der Waals surface area (Å²) in [6.07, 6.45) is 3.54. The maximum Gasteiger partial charge on any atom is 0.149 e. The summed E-state index contributed by atoms with van der Waals surface area (Å²) in [5, 5.41) is 11.3. The van der Waals surface area contributed by atoms with E-state index in [9.17, 15) is 0 Å². The molecule has 0 radical (unpaired) electrons. The van der Waals surface area contributed by atoms with Crippen LogP contribution in [-0.2, 0) is 13.6 Å². The Morgan fingerprint density at radius 2 is 2.38 bits per heavy atom. The quantitative estimate of drug-likeness (QED) is 0.795. The van der Waals surface area contributed by atoms with Gasteiger partial charge in [-0.15, -0.1) is 10.2 Å². The molecule has 2 aromatic heterocycles. The molecule has 0 amide bonds. The number of aromatic nitrogens is 5. The molecule has 1 atom stereocenters. The summed E-state index contributed by atoms with van der Waals surface area (Å²) in [4.78, 5) is 7.32. The second-order valence-electron chi connectivity index (χ2n) is 3.90. The summed E-state index contributed by atoms with van der Waals surface area (Å²) in [6, 6.07) is 0.163. The molecule has 0 aliphatic carbocycles. The maximum atomic E-state index is 4.15. The second-order valence-corrected chi connectivity index (χ2v) is 3.90. The van der Waals surface area contributed by atoms with Crippen molar-refractivity contribution in [3.63, 3.8) is 0 Å². The molecule has 0 aliphatic rings. The third kappa shape index (κ3) is 2.27. The molecule has 86 valence electrons. The predicted molar refractivity (Wildman–Crippen MR) is 59.6 cm³/mol. The van der Waals surface area contributed by atoms with Crippen molar-refractivity contribution in [3.8, 4) is 0 Å². The first kappa shape index (κ1) is 10.8. The predicted octanol–water partition coefficient (Wildman–Crippen LogP) is 0.697. The van der Waals surface area contributed by atoms with Crippen molar-refractivity contribution in [2.24, 2.45) is 7.05 Å². The third-order valence-electron chi connectivity index (χ3n) is 2.49. The Bertz CT molecular complexity index is 457. The van der Waals surface area contributed by atoms with Crippen LogP contribution in [0.2, 0.25) is 0 Å². The fourth-order valence-corrected chi connectivity index (χ4v) is 1.60. The van der Waals surface area contributed by atoms with Crippen LogP contribution < -0.4 is 5.32 Å². The molecule has 0 saturated carbocycles. The fraction of sp³-hybridized carbons (Fsp3) is 0.500. The molecular weight excluding hydrogens is 204 g/mol. The van der Waals surface area contributed by atoms with E-state index in [4.69, 9.17) is 0 Å². The van der Waals surface area contributed by atoms with Crippen LogP contribution in [0.3, 0.4) is 0 Å². The molecule has 0 saturated heterocycles. The van der Waals surface area contributed by atoms with Crippen LogP contribution in [-0.4, -0.2) is 24.7 Å².